The molecule has 9 heteroatoms. The predicted molar refractivity (Wildman–Crippen MR) is 162 cm³/mol. The minimum Gasteiger partial charge on any atom is -0.479 e. The van der Waals surface area contributed by atoms with Crippen molar-refractivity contribution < 1.29 is 19.4 Å². The maximum atomic E-state index is 12.6. The monoisotopic (exact) mass is 610 g/mol. The summed E-state index contributed by atoms with van der Waals surface area (Å²) in [5.41, 5.74) is 2.77. The molecule has 0 bridgehead atoms. The van der Waals surface area contributed by atoms with Crippen molar-refractivity contribution >= 4 is 39.4 Å². The van der Waals surface area contributed by atoms with Gasteiger partial charge in [-0.15, -0.1) is 6.58 Å². The number of aryl methyl sites for hydroxylation is 1. The normalized spacial score (nSPS) is 16.5. The minimum atomic E-state index is -1.20. The van der Waals surface area contributed by atoms with Crippen LogP contribution < -0.4 is 4.90 Å². The molecule has 0 radical (unpaired) electrons. The van der Waals surface area contributed by atoms with Crippen molar-refractivity contribution in [3.05, 3.63) is 76.1 Å². The van der Waals surface area contributed by atoms with Gasteiger partial charge in [-0.2, -0.15) is 9.61 Å². The van der Waals surface area contributed by atoms with Crippen LogP contribution in [0.2, 0.25) is 0 Å². The largest absolute Gasteiger partial charge is 0.479 e. The first-order valence-electron chi connectivity index (χ1n) is 13.6. The molecule has 1 atom stereocenters. The van der Waals surface area contributed by atoms with Crippen LogP contribution in [0, 0.1) is 6.92 Å². The Balaban J connectivity index is 1.77. The lowest BCUT2D eigenvalue weighted by Gasteiger charge is -2.41. The third kappa shape index (κ3) is 7.00. The Labute approximate surface area is 244 Å². The third-order valence-electron chi connectivity index (χ3n) is 7.04. The third-order valence-corrected chi connectivity index (χ3v) is 7.81. The highest BCUT2D eigenvalue weighted by molar-refractivity contribution is 9.10. The molecule has 3 aromatic rings. The highest BCUT2D eigenvalue weighted by atomic mass is 79.9. The van der Waals surface area contributed by atoms with Crippen LogP contribution >= 0.6 is 15.9 Å². The van der Waals surface area contributed by atoms with Crippen LogP contribution in [0.5, 0.6) is 0 Å². The van der Waals surface area contributed by atoms with Crippen molar-refractivity contribution in [1.29, 1.82) is 0 Å². The zero-order chi connectivity index (χ0) is 29.1. The molecule has 3 heterocycles. The fourth-order valence-corrected chi connectivity index (χ4v) is 5.42. The van der Waals surface area contributed by atoms with Gasteiger partial charge in [0.05, 0.1) is 29.1 Å². The summed E-state index contributed by atoms with van der Waals surface area (Å²) in [5.74, 6) is -0.354. The van der Waals surface area contributed by atoms with Gasteiger partial charge in [-0.1, -0.05) is 46.3 Å². The number of benzene rings is 1. The van der Waals surface area contributed by atoms with Crippen molar-refractivity contribution in [2.45, 2.75) is 71.2 Å². The summed E-state index contributed by atoms with van der Waals surface area (Å²) in [7, 11) is 0. The quantitative estimate of drug-likeness (QED) is 0.260. The number of nitrogens with zero attached hydrogens (tertiary/aromatic N) is 4. The highest BCUT2D eigenvalue weighted by Crippen LogP contribution is 2.37. The van der Waals surface area contributed by atoms with Crippen LogP contribution in [-0.2, 0) is 20.7 Å². The standard InChI is InChI=1S/C31H39BrN4O4/c1-7-19-39-31(6)15-17-35(18-16-31)28-26(27(29(37)38)40-30(3,4)5)21(2)33-25-20-23(34-36(25)28)13-10-12-22-11-8-9-14-24(22)32/h7-11,13-14,20,27H,1,12,15-19H2,2-6H3,(H,37,38). The second kappa shape index (κ2) is 12.2. The summed E-state index contributed by atoms with van der Waals surface area (Å²) in [4.78, 5) is 19.6. The molecule has 2 aromatic heterocycles. The van der Waals surface area contributed by atoms with Crippen molar-refractivity contribution in [1.82, 2.24) is 14.6 Å². The number of hydrogen-bond donors (Lipinski definition) is 1. The molecule has 40 heavy (non-hydrogen) atoms. The predicted octanol–water partition coefficient (Wildman–Crippen LogP) is 6.56. The molecule has 214 valence electrons. The molecule has 1 aliphatic rings. The smallest absolute Gasteiger partial charge is 0.337 e. The van der Waals surface area contributed by atoms with Crippen molar-refractivity contribution in [3.63, 3.8) is 0 Å². The number of carboxylic acid groups (broad SMARTS) is 1. The zero-order valence-electron chi connectivity index (χ0n) is 24.0. The van der Waals surface area contributed by atoms with E-state index in [1.165, 1.54) is 5.56 Å². The first-order valence-corrected chi connectivity index (χ1v) is 14.4. The van der Waals surface area contributed by atoms with Gasteiger partial charge in [0, 0.05) is 29.3 Å². The Morgan fingerprint density at radius 2 is 1.98 bits per heavy atom. The molecule has 0 amide bonds. The van der Waals surface area contributed by atoms with E-state index in [0.717, 1.165) is 29.4 Å². The number of ether oxygens (including phenoxy) is 2. The van der Waals surface area contributed by atoms with Gasteiger partial charge in [-0.05, 0) is 71.6 Å². The number of allylic oxidation sites excluding steroid dienone is 1. The maximum Gasteiger partial charge on any atom is 0.337 e. The van der Waals surface area contributed by atoms with Crippen LogP contribution in [0.1, 0.15) is 69.2 Å². The maximum absolute atomic E-state index is 12.6. The SMILES string of the molecule is C=CCOC1(C)CCN(c2c(C(OC(C)(C)C)C(=O)O)c(C)nc3cc(C=CCc4ccccc4Br)nn23)CC1. The van der Waals surface area contributed by atoms with Gasteiger partial charge in [0.1, 0.15) is 5.82 Å². The van der Waals surface area contributed by atoms with E-state index in [2.05, 4.69) is 46.5 Å². The van der Waals surface area contributed by atoms with Gasteiger partial charge in [-0.3, -0.25) is 0 Å². The second-order valence-electron chi connectivity index (χ2n) is 11.5. The number of aromatic nitrogens is 3. The lowest BCUT2D eigenvalue weighted by molar-refractivity contribution is -0.160. The van der Waals surface area contributed by atoms with E-state index in [1.807, 2.05) is 58.0 Å². The number of anilines is 1. The van der Waals surface area contributed by atoms with Crippen LogP contribution in [0.3, 0.4) is 0 Å². The summed E-state index contributed by atoms with van der Waals surface area (Å²) in [6.45, 7) is 15.1. The molecule has 1 unspecified atom stereocenters. The number of halogens is 1. The average molecular weight is 612 g/mol. The van der Waals surface area contributed by atoms with Gasteiger partial charge < -0.3 is 19.5 Å². The van der Waals surface area contributed by atoms with Gasteiger partial charge in [-0.25, -0.2) is 9.78 Å². The lowest BCUT2D eigenvalue weighted by atomic mass is 9.92. The Bertz CT molecular complexity index is 1400. The van der Waals surface area contributed by atoms with E-state index >= 15 is 0 Å². The number of hydrogen-bond acceptors (Lipinski definition) is 6. The van der Waals surface area contributed by atoms with Crippen molar-refractivity contribution in [2.75, 3.05) is 24.6 Å². The molecule has 8 nitrogen and oxygen atoms in total. The summed E-state index contributed by atoms with van der Waals surface area (Å²) < 4.78 is 15.0. The van der Waals surface area contributed by atoms with Gasteiger partial charge >= 0.3 is 5.97 Å². The molecular formula is C31H39BrN4O4. The molecule has 1 aromatic carbocycles. The second-order valence-corrected chi connectivity index (χ2v) is 12.3. The average Bonchev–Trinajstić information content (AvgIpc) is 3.29. The van der Waals surface area contributed by atoms with Crippen LogP contribution in [0.15, 0.2) is 53.5 Å². The Kier molecular flexibility index (Phi) is 9.17. The number of carboxylic acids is 1. The van der Waals surface area contributed by atoms with Crippen LogP contribution in [0.4, 0.5) is 5.82 Å². The molecule has 0 spiro atoms. The van der Waals surface area contributed by atoms with Crippen molar-refractivity contribution in [2.24, 2.45) is 0 Å². The van der Waals surface area contributed by atoms with Crippen LogP contribution in [0.25, 0.3) is 11.7 Å². The first-order chi connectivity index (χ1) is 18.9. The van der Waals surface area contributed by atoms with E-state index in [0.29, 0.717) is 42.4 Å². The van der Waals surface area contributed by atoms with E-state index in [4.69, 9.17) is 19.6 Å². The Hall–Kier alpha value is -3.01. The summed E-state index contributed by atoms with van der Waals surface area (Å²) in [5, 5.41) is 15.2. The molecule has 1 aliphatic heterocycles. The minimum absolute atomic E-state index is 0.274. The molecule has 1 N–H and O–H groups in total. The Morgan fingerprint density at radius 3 is 2.60 bits per heavy atom. The van der Waals surface area contributed by atoms with E-state index in [1.54, 1.807) is 10.6 Å². The topological polar surface area (TPSA) is 89.2 Å². The number of fused-ring (bicyclic) bond motifs is 1. The summed E-state index contributed by atoms with van der Waals surface area (Å²) >= 11 is 3.61. The van der Waals surface area contributed by atoms with Gasteiger partial charge in [0.25, 0.3) is 0 Å². The van der Waals surface area contributed by atoms with Gasteiger partial charge in [0.2, 0.25) is 0 Å². The fraction of sp³-hybridized carbons (Fsp3) is 0.452. The molecule has 0 aliphatic carbocycles. The number of rotatable bonds is 10. The highest BCUT2D eigenvalue weighted by Gasteiger charge is 2.37. The van der Waals surface area contributed by atoms with Gasteiger partial charge in [0.15, 0.2) is 11.8 Å². The number of piperidine rings is 1. The fourth-order valence-electron chi connectivity index (χ4n) is 4.98. The molecule has 1 saturated heterocycles. The zero-order valence-corrected chi connectivity index (χ0v) is 25.6. The Morgan fingerprint density at radius 1 is 1.27 bits per heavy atom. The van der Waals surface area contributed by atoms with E-state index in [-0.39, 0.29) is 5.60 Å². The van der Waals surface area contributed by atoms with E-state index < -0.39 is 17.7 Å². The summed E-state index contributed by atoms with van der Waals surface area (Å²) in [6.07, 6.45) is 6.92. The number of aliphatic carboxylic acids is 1. The number of carbonyl (C=O) groups is 1. The van der Waals surface area contributed by atoms with Crippen molar-refractivity contribution in [3.8, 4) is 0 Å². The lowest BCUT2D eigenvalue weighted by Crippen LogP contribution is -2.45. The van der Waals surface area contributed by atoms with E-state index in [9.17, 15) is 9.90 Å². The molecule has 4 rings (SSSR count). The molecular weight excluding hydrogens is 572 g/mol. The molecule has 1 fully saturated rings. The summed E-state index contributed by atoms with van der Waals surface area (Å²) in [6, 6.07) is 10.0. The van der Waals surface area contributed by atoms with Crippen LogP contribution in [-0.4, -0.2) is 56.6 Å². The first kappa shape index (κ1) is 30.0. The molecule has 0 saturated carbocycles.